The fourth-order valence-corrected chi connectivity index (χ4v) is 2.53. The molecule has 3 rings (SSSR count). The number of nitrogens with zero attached hydrogens (tertiary/aromatic N) is 2. The molecule has 0 unspecified atom stereocenters. The zero-order valence-electron chi connectivity index (χ0n) is 11.9. The first kappa shape index (κ1) is 13.7. The summed E-state index contributed by atoms with van der Waals surface area (Å²) in [7, 11) is 3.59. The lowest BCUT2D eigenvalue weighted by Gasteiger charge is -2.06. The first-order valence-electron chi connectivity index (χ1n) is 6.63. The van der Waals surface area contributed by atoms with E-state index in [1.54, 1.807) is 7.11 Å². The summed E-state index contributed by atoms with van der Waals surface area (Å²) in [6.07, 6.45) is 0. The average molecular weight is 299 g/mol. The first-order valence-corrected chi connectivity index (χ1v) is 7.01. The second-order valence-corrected chi connectivity index (χ2v) is 5.16. The van der Waals surface area contributed by atoms with E-state index in [0.717, 1.165) is 28.3 Å². The smallest absolute Gasteiger partial charge is 0.172 e. The van der Waals surface area contributed by atoms with Crippen molar-refractivity contribution in [3.8, 4) is 28.3 Å². The maximum Gasteiger partial charge on any atom is 0.172 e. The van der Waals surface area contributed by atoms with E-state index in [1.807, 2.05) is 66.3 Å². The summed E-state index contributed by atoms with van der Waals surface area (Å²) >= 11 is 5.96. The second-order valence-electron chi connectivity index (χ2n) is 4.73. The number of halogens is 1. The molecule has 0 bridgehead atoms. The number of aromatic nitrogens is 2. The zero-order chi connectivity index (χ0) is 14.8. The van der Waals surface area contributed by atoms with Gasteiger partial charge in [-0.2, -0.15) is 5.10 Å². The van der Waals surface area contributed by atoms with Crippen LogP contribution in [0, 0.1) is 0 Å². The van der Waals surface area contributed by atoms with E-state index in [0.29, 0.717) is 5.02 Å². The molecular weight excluding hydrogens is 284 g/mol. The third kappa shape index (κ3) is 2.52. The molecule has 0 fully saturated rings. The Balaban J connectivity index is 2.18. The Labute approximate surface area is 128 Å². The highest BCUT2D eigenvalue weighted by molar-refractivity contribution is 6.30. The number of benzene rings is 2. The summed E-state index contributed by atoms with van der Waals surface area (Å²) in [5.41, 5.74) is 3.83. The molecule has 0 saturated heterocycles. The molecule has 4 heteroatoms. The standard InChI is InChI=1S/C17H15ClN2O/c1-20-16(13-8-10-14(18)11-9-13)17(21-2)15(19-20)12-6-4-3-5-7-12/h3-11H,1-2H3. The predicted molar refractivity (Wildman–Crippen MR) is 85.6 cm³/mol. The molecule has 21 heavy (non-hydrogen) atoms. The molecule has 3 aromatic rings. The van der Waals surface area contributed by atoms with Gasteiger partial charge in [0, 0.05) is 23.2 Å². The van der Waals surface area contributed by atoms with Crippen LogP contribution < -0.4 is 4.74 Å². The number of ether oxygens (including phenoxy) is 1. The molecule has 106 valence electrons. The molecule has 0 aliphatic heterocycles. The van der Waals surface area contributed by atoms with Crippen LogP contribution in [0.3, 0.4) is 0 Å². The molecule has 1 aromatic heterocycles. The van der Waals surface area contributed by atoms with Gasteiger partial charge < -0.3 is 4.74 Å². The maximum absolute atomic E-state index is 5.96. The normalized spacial score (nSPS) is 10.6. The molecule has 0 amide bonds. The van der Waals surface area contributed by atoms with Crippen molar-refractivity contribution in [2.24, 2.45) is 7.05 Å². The van der Waals surface area contributed by atoms with Gasteiger partial charge in [-0.3, -0.25) is 4.68 Å². The Morgan fingerprint density at radius 2 is 1.62 bits per heavy atom. The van der Waals surface area contributed by atoms with Crippen LogP contribution in [0.4, 0.5) is 0 Å². The molecule has 0 aliphatic carbocycles. The van der Waals surface area contributed by atoms with Crippen molar-refractivity contribution in [2.75, 3.05) is 7.11 Å². The van der Waals surface area contributed by atoms with Crippen LogP contribution in [0.25, 0.3) is 22.5 Å². The van der Waals surface area contributed by atoms with Crippen molar-refractivity contribution in [2.45, 2.75) is 0 Å². The van der Waals surface area contributed by atoms with Crippen molar-refractivity contribution >= 4 is 11.6 Å². The Kier molecular flexibility index (Phi) is 3.67. The summed E-state index contributed by atoms with van der Waals surface area (Å²) in [6.45, 7) is 0. The largest absolute Gasteiger partial charge is 0.492 e. The predicted octanol–water partition coefficient (Wildman–Crippen LogP) is 4.42. The van der Waals surface area contributed by atoms with Crippen LogP contribution in [0.15, 0.2) is 54.6 Å². The van der Waals surface area contributed by atoms with E-state index in [2.05, 4.69) is 5.10 Å². The minimum absolute atomic E-state index is 0.711. The third-order valence-corrected chi connectivity index (χ3v) is 3.62. The molecule has 0 N–H and O–H groups in total. The molecule has 2 aromatic carbocycles. The Hall–Kier alpha value is -2.26. The Bertz CT molecular complexity index is 748. The highest BCUT2D eigenvalue weighted by Crippen LogP contribution is 2.38. The molecule has 0 atom stereocenters. The van der Waals surface area contributed by atoms with Gasteiger partial charge in [-0.25, -0.2) is 0 Å². The highest BCUT2D eigenvalue weighted by Gasteiger charge is 2.19. The minimum Gasteiger partial charge on any atom is -0.492 e. The van der Waals surface area contributed by atoms with E-state index in [4.69, 9.17) is 16.3 Å². The summed E-state index contributed by atoms with van der Waals surface area (Å²) < 4.78 is 7.46. The topological polar surface area (TPSA) is 27.1 Å². The van der Waals surface area contributed by atoms with E-state index < -0.39 is 0 Å². The fourth-order valence-electron chi connectivity index (χ4n) is 2.41. The minimum atomic E-state index is 0.711. The van der Waals surface area contributed by atoms with Crippen LogP contribution in [-0.2, 0) is 7.05 Å². The van der Waals surface area contributed by atoms with Crippen LogP contribution >= 0.6 is 11.6 Å². The van der Waals surface area contributed by atoms with Gasteiger partial charge in [0.05, 0.1) is 7.11 Å². The lowest BCUT2D eigenvalue weighted by molar-refractivity contribution is 0.417. The molecule has 0 saturated carbocycles. The molecule has 0 radical (unpaired) electrons. The van der Waals surface area contributed by atoms with Crippen molar-refractivity contribution in [3.05, 3.63) is 59.6 Å². The molecular formula is C17H15ClN2O. The van der Waals surface area contributed by atoms with Crippen molar-refractivity contribution < 1.29 is 4.74 Å². The van der Waals surface area contributed by atoms with E-state index in [-0.39, 0.29) is 0 Å². The summed E-state index contributed by atoms with van der Waals surface area (Å²) in [6, 6.07) is 17.7. The third-order valence-electron chi connectivity index (χ3n) is 3.37. The zero-order valence-corrected chi connectivity index (χ0v) is 12.6. The van der Waals surface area contributed by atoms with E-state index >= 15 is 0 Å². The van der Waals surface area contributed by atoms with Gasteiger partial charge in [0.1, 0.15) is 11.4 Å². The molecule has 0 spiro atoms. The Morgan fingerprint density at radius 1 is 0.952 bits per heavy atom. The maximum atomic E-state index is 5.96. The van der Waals surface area contributed by atoms with Crippen molar-refractivity contribution in [1.82, 2.24) is 9.78 Å². The molecule has 1 heterocycles. The Morgan fingerprint density at radius 3 is 2.24 bits per heavy atom. The van der Waals surface area contributed by atoms with Crippen LogP contribution in [0.5, 0.6) is 5.75 Å². The number of aryl methyl sites for hydroxylation is 1. The molecule has 0 aliphatic rings. The summed E-state index contributed by atoms with van der Waals surface area (Å²) in [5.74, 6) is 0.769. The van der Waals surface area contributed by atoms with E-state index in [9.17, 15) is 0 Å². The monoisotopic (exact) mass is 298 g/mol. The van der Waals surface area contributed by atoms with Gasteiger partial charge >= 0.3 is 0 Å². The van der Waals surface area contributed by atoms with Crippen LogP contribution in [0.1, 0.15) is 0 Å². The number of rotatable bonds is 3. The average Bonchev–Trinajstić information content (AvgIpc) is 2.85. The fraction of sp³-hybridized carbons (Fsp3) is 0.118. The number of methoxy groups -OCH3 is 1. The van der Waals surface area contributed by atoms with Gasteiger partial charge in [-0.05, 0) is 12.1 Å². The quantitative estimate of drug-likeness (QED) is 0.716. The second kappa shape index (κ2) is 5.62. The summed E-state index contributed by atoms with van der Waals surface area (Å²) in [4.78, 5) is 0. The van der Waals surface area contributed by atoms with Gasteiger partial charge in [0.15, 0.2) is 5.75 Å². The van der Waals surface area contributed by atoms with Crippen LogP contribution in [-0.4, -0.2) is 16.9 Å². The number of hydrogen-bond donors (Lipinski definition) is 0. The van der Waals surface area contributed by atoms with Crippen molar-refractivity contribution in [1.29, 1.82) is 0 Å². The number of hydrogen-bond acceptors (Lipinski definition) is 2. The lowest BCUT2D eigenvalue weighted by atomic mass is 10.1. The lowest BCUT2D eigenvalue weighted by Crippen LogP contribution is -1.94. The SMILES string of the molecule is COc1c(-c2ccccc2)nn(C)c1-c1ccc(Cl)cc1. The van der Waals surface area contributed by atoms with Gasteiger partial charge in [-0.1, -0.05) is 54.1 Å². The highest BCUT2D eigenvalue weighted by atomic mass is 35.5. The van der Waals surface area contributed by atoms with Crippen molar-refractivity contribution in [3.63, 3.8) is 0 Å². The first-order chi connectivity index (χ1) is 10.2. The van der Waals surface area contributed by atoms with Gasteiger partial charge in [0.25, 0.3) is 0 Å². The van der Waals surface area contributed by atoms with Gasteiger partial charge in [0.2, 0.25) is 0 Å². The molecule has 3 nitrogen and oxygen atoms in total. The van der Waals surface area contributed by atoms with Crippen LogP contribution in [0.2, 0.25) is 5.02 Å². The summed E-state index contributed by atoms with van der Waals surface area (Å²) in [5, 5.41) is 5.32. The van der Waals surface area contributed by atoms with Gasteiger partial charge in [-0.15, -0.1) is 0 Å². The van der Waals surface area contributed by atoms with E-state index in [1.165, 1.54) is 0 Å².